The molecule has 20 heavy (non-hydrogen) atoms. The Bertz CT molecular complexity index is 288. The second-order valence-corrected chi connectivity index (χ2v) is 6.39. The third-order valence-electron chi connectivity index (χ3n) is 4.05. The fraction of sp³-hybridized carbons (Fsp3) is 0.938. The molecular weight excluding hydrogens is 256 g/mol. The zero-order valence-corrected chi connectivity index (χ0v) is 13.2. The maximum atomic E-state index is 11.9. The first kappa shape index (κ1) is 17.4. The second kappa shape index (κ2) is 8.63. The SMILES string of the molecule is CCCCOC(=O)C(C)(C)OC[C@H]1CCC[C@@H](CO)C1. The van der Waals surface area contributed by atoms with Gasteiger partial charge in [0.05, 0.1) is 13.2 Å². The Morgan fingerprint density at radius 2 is 2.00 bits per heavy atom. The summed E-state index contributed by atoms with van der Waals surface area (Å²) in [5.41, 5.74) is -0.875. The fourth-order valence-corrected chi connectivity index (χ4v) is 2.59. The molecule has 0 heterocycles. The number of unbranched alkanes of at least 4 members (excludes halogenated alkanes) is 1. The van der Waals surface area contributed by atoms with Crippen LogP contribution in [0.25, 0.3) is 0 Å². The number of aliphatic hydroxyl groups excluding tert-OH is 1. The van der Waals surface area contributed by atoms with Gasteiger partial charge in [-0.25, -0.2) is 4.79 Å². The van der Waals surface area contributed by atoms with Crippen LogP contribution in [-0.2, 0) is 14.3 Å². The lowest BCUT2D eigenvalue weighted by Gasteiger charge is -2.31. The molecular formula is C16H30O4. The number of carbonyl (C=O) groups excluding carboxylic acids is 1. The van der Waals surface area contributed by atoms with Crippen LogP contribution in [0, 0.1) is 11.8 Å². The van der Waals surface area contributed by atoms with Crippen molar-refractivity contribution in [2.24, 2.45) is 11.8 Å². The Balaban J connectivity index is 2.32. The smallest absolute Gasteiger partial charge is 0.337 e. The van der Waals surface area contributed by atoms with Crippen molar-refractivity contribution in [1.82, 2.24) is 0 Å². The molecule has 0 unspecified atom stereocenters. The van der Waals surface area contributed by atoms with E-state index in [1.807, 2.05) is 0 Å². The van der Waals surface area contributed by atoms with Gasteiger partial charge in [0.2, 0.25) is 0 Å². The van der Waals surface area contributed by atoms with Gasteiger partial charge < -0.3 is 14.6 Å². The van der Waals surface area contributed by atoms with Crippen molar-refractivity contribution in [3.05, 3.63) is 0 Å². The Morgan fingerprint density at radius 3 is 2.65 bits per heavy atom. The van der Waals surface area contributed by atoms with Crippen molar-refractivity contribution in [2.45, 2.75) is 64.9 Å². The van der Waals surface area contributed by atoms with Crippen molar-refractivity contribution >= 4 is 5.97 Å². The zero-order chi connectivity index (χ0) is 15.0. The normalized spacial score (nSPS) is 23.6. The molecule has 0 saturated heterocycles. The number of hydrogen-bond donors (Lipinski definition) is 1. The summed E-state index contributed by atoms with van der Waals surface area (Å²) >= 11 is 0. The summed E-state index contributed by atoms with van der Waals surface area (Å²) in [6, 6.07) is 0. The highest BCUT2D eigenvalue weighted by Gasteiger charge is 2.32. The molecule has 2 atom stereocenters. The van der Waals surface area contributed by atoms with Crippen LogP contribution in [-0.4, -0.2) is 36.5 Å². The molecule has 1 aliphatic rings. The lowest BCUT2D eigenvalue weighted by atomic mass is 9.82. The molecule has 4 heteroatoms. The number of rotatable bonds is 8. The third-order valence-corrected chi connectivity index (χ3v) is 4.05. The van der Waals surface area contributed by atoms with E-state index in [0.717, 1.165) is 38.5 Å². The van der Waals surface area contributed by atoms with Crippen LogP contribution in [0.4, 0.5) is 0 Å². The predicted molar refractivity (Wildman–Crippen MR) is 78.4 cm³/mol. The van der Waals surface area contributed by atoms with Crippen molar-refractivity contribution in [2.75, 3.05) is 19.8 Å². The summed E-state index contributed by atoms with van der Waals surface area (Å²) in [6.45, 7) is 6.92. The van der Waals surface area contributed by atoms with Crippen LogP contribution in [0.2, 0.25) is 0 Å². The van der Waals surface area contributed by atoms with Crippen LogP contribution in [0.3, 0.4) is 0 Å². The Kier molecular flexibility index (Phi) is 7.52. The first-order chi connectivity index (χ1) is 9.49. The zero-order valence-electron chi connectivity index (χ0n) is 13.2. The van der Waals surface area contributed by atoms with Gasteiger partial charge >= 0.3 is 5.97 Å². The maximum Gasteiger partial charge on any atom is 0.337 e. The van der Waals surface area contributed by atoms with Gasteiger partial charge in [-0.2, -0.15) is 0 Å². The van der Waals surface area contributed by atoms with Crippen molar-refractivity contribution < 1.29 is 19.4 Å². The van der Waals surface area contributed by atoms with Gasteiger partial charge in [-0.15, -0.1) is 0 Å². The summed E-state index contributed by atoms with van der Waals surface area (Å²) in [5.74, 6) is 0.570. The standard InChI is InChI=1S/C16H30O4/c1-4-5-9-19-15(18)16(2,3)20-12-14-8-6-7-13(10-14)11-17/h13-14,17H,4-12H2,1-3H3/t13-,14+/m1/s1. The summed E-state index contributed by atoms with van der Waals surface area (Å²) < 4.78 is 11.0. The van der Waals surface area contributed by atoms with E-state index in [2.05, 4.69) is 6.92 Å². The van der Waals surface area contributed by atoms with E-state index in [4.69, 9.17) is 9.47 Å². The summed E-state index contributed by atoms with van der Waals surface area (Å²) in [6.07, 6.45) is 6.27. The van der Waals surface area contributed by atoms with Crippen LogP contribution < -0.4 is 0 Å². The van der Waals surface area contributed by atoms with E-state index in [9.17, 15) is 9.90 Å². The van der Waals surface area contributed by atoms with E-state index in [-0.39, 0.29) is 12.6 Å². The summed E-state index contributed by atoms with van der Waals surface area (Å²) in [7, 11) is 0. The average Bonchev–Trinajstić information content (AvgIpc) is 2.45. The number of carbonyl (C=O) groups is 1. The van der Waals surface area contributed by atoms with Crippen LogP contribution in [0.5, 0.6) is 0 Å². The molecule has 118 valence electrons. The number of esters is 1. The molecule has 0 amide bonds. The molecule has 0 bridgehead atoms. The first-order valence-electron chi connectivity index (χ1n) is 7.91. The van der Waals surface area contributed by atoms with Crippen LogP contribution in [0.15, 0.2) is 0 Å². The monoisotopic (exact) mass is 286 g/mol. The molecule has 0 aromatic heterocycles. The number of hydrogen-bond acceptors (Lipinski definition) is 4. The number of ether oxygens (including phenoxy) is 2. The summed E-state index contributed by atoms with van der Waals surface area (Å²) in [4.78, 5) is 11.9. The van der Waals surface area contributed by atoms with Gasteiger partial charge in [-0.3, -0.25) is 0 Å². The van der Waals surface area contributed by atoms with Crippen molar-refractivity contribution in [3.8, 4) is 0 Å². The molecule has 0 aromatic rings. The molecule has 1 rings (SSSR count). The highest BCUT2D eigenvalue weighted by Crippen LogP contribution is 2.30. The largest absolute Gasteiger partial charge is 0.464 e. The first-order valence-corrected chi connectivity index (χ1v) is 7.91. The van der Waals surface area contributed by atoms with Gasteiger partial charge in [0.1, 0.15) is 0 Å². The van der Waals surface area contributed by atoms with E-state index in [0.29, 0.717) is 25.0 Å². The predicted octanol–water partition coefficient (Wildman–Crippen LogP) is 2.92. The Morgan fingerprint density at radius 1 is 1.30 bits per heavy atom. The van der Waals surface area contributed by atoms with Gasteiger partial charge in [-0.1, -0.05) is 19.8 Å². The molecule has 1 saturated carbocycles. The van der Waals surface area contributed by atoms with Crippen molar-refractivity contribution in [1.29, 1.82) is 0 Å². The molecule has 0 aromatic carbocycles. The fourth-order valence-electron chi connectivity index (χ4n) is 2.59. The highest BCUT2D eigenvalue weighted by atomic mass is 16.6. The minimum absolute atomic E-state index is 0.263. The average molecular weight is 286 g/mol. The quantitative estimate of drug-likeness (QED) is 0.550. The summed E-state index contributed by atoms with van der Waals surface area (Å²) in [5, 5.41) is 9.23. The minimum atomic E-state index is -0.875. The lowest BCUT2D eigenvalue weighted by Crippen LogP contribution is -2.39. The van der Waals surface area contributed by atoms with E-state index in [1.54, 1.807) is 13.8 Å². The maximum absolute atomic E-state index is 11.9. The third kappa shape index (κ3) is 5.80. The second-order valence-electron chi connectivity index (χ2n) is 6.39. The van der Waals surface area contributed by atoms with E-state index in [1.165, 1.54) is 0 Å². The topological polar surface area (TPSA) is 55.8 Å². The number of aliphatic hydroxyl groups is 1. The lowest BCUT2D eigenvalue weighted by molar-refractivity contribution is -0.170. The van der Waals surface area contributed by atoms with Gasteiger partial charge in [0.25, 0.3) is 0 Å². The van der Waals surface area contributed by atoms with E-state index >= 15 is 0 Å². The molecule has 0 spiro atoms. The molecule has 0 radical (unpaired) electrons. The molecule has 1 aliphatic carbocycles. The molecule has 1 N–H and O–H groups in total. The van der Waals surface area contributed by atoms with E-state index < -0.39 is 5.60 Å². The highest BCUT2D eigenvalue weighted by molar-refractivity contribution is 5.78. The van der Waals surface area contributed by atoms with Gasteiger partial charge in [0, 0.05) is 6.61 Å². The molecule has 1 fully saturated rings. The van der Waals surface area contributed by atoms with Gasteiger partial charge in [0.15, 0.2) is 5.60 Å². The molecule has 0 aliphatic heterocycles. The Hall–Kier alpha value is -0.610. The molecule has 4 nitrogen and oxygen atoms in total. The van der Waals surface area contributed by atoms with Crippen LogP contribution >= 0.6 is 0 Å². The van der Waals surface area contributed by atoms with Crippen molar-refractivity contribution in [3.63, 3.8) is 0 Å². The van der Waals surface area contributed by atoms with Crippen LogP contribution in [0.1, 0.15) is 59.3 Å². The van der Waals surface area contributed by atoms with Gasteiger partial charge in [-0.05, 0) is 51.4 Å². The minimum Gasteiger partial charge on any atom is -0.464 e. The Labute approximate surface area is 122 Å².